The van der Waals surface area contributed by atoms with Crippen LogP contribution in [0.25, 0.3) is 0 Å². The van der Waals surface area contributed by atoms with Gasteiger partial charge in [0.05, 0.1) is 6.54 Å². The van der Waals surface area contributed by atoms with Crippen LogP contribution in [-0.2, 0) is 4.79 Å². The van der Waals surface area contributed by atoms with Gasteiger partial charge in [-0.25, -0.2) is 0 Å². The molecule has 1 aromatic carbocycles. The van der Waals surface area contributed by atoms with Crippen LogP contribution >= 0.6 is 24.0 Å². The van der Waals surface area contributed by atoms with Gasteiger partial charge < -0.3 is 16.4 Å². The summed E-state index contributed by atoms with van der Waals surface area (Å²) in [6.07, 6.45) is 0. The lowest BCUT2D eigenvalue weighted by Crippen LogP contribution is -2.32. The molecule has 0 aliphatic heterocycles. The first-order valence-electron chi connectivity index (χ1n) is 5.52. The second-order valence-electron chi connectivity index (χ2n) is 3.77. The van der Waals surface area contributed by atoms with E-state index in [4.69, 9.17) is 23.7 Å². The Labute approximate surface area is 117 Å². The number of benzene rings is 1. The Hall–Kier alpha value is -1.27. The smallest absolute Gasteiger partial charge is 0.236 e. The van der Waals surface area contributed by atoms with Crippen LogP contribution in [0.1, 0.15) is 12.5 Å². The highest BCUT2D eigenvalue weighted by molar-refractivity contribution is 7.99. The third kappa shape index (κ3) is 3.61. The van der Waals surface area contributed by atoms with E-state index in [1.807, 2.05) is 18.2 Å². The molecule has 0 saturated heterocycles. The SMILES string of the molecule is CCSc1cccc(N(C)CC(N)=O)c1C(N)=S. The zero-order valence-corrected chi connectivity index (χ0v) is 12.1. The maximum absolute atomic E-state index is 11.0. The van der Waals surface area contributed by atoms with E-state index in [9.17, 15) is 4.79 Å². The molecule has 0 spiro atoms. The Bertz CT molecular complexity index is 463. The number of primary amides is 1. The van der Waals surface area contributed by atoms with Crippen LogP contribution in [0.15, 0.2) is 23.1 Å². The Balaban J connectivity index is 3.21. The normalized spacial score (nSPS) is 10.1. The fourth-order valence-electron chi connectivity index (χ4n) is 1.68. The van der Waals surface area contributed by atoms with E-state index in [1.165, 1.54) is 0 Å². The summed E-state index contributed by atoms with van der Waals surface area (Å²) >= 11 is 6.78. The first-order chi connectivity index (χ1) is 8.47. The van der Waals surface area contributed by atoms with Gasteiger partial charge in [0.2, 0.25) is 5.91 Å². The molecule has 0 bridgehead atoms. The lowest BCUT2D eigenvalue weighted by Gasteiger charge is -2.22. The predicted molar refractivity (Wildman–Crippen MR) is 81.2 cm³/mol. The highest BCUT2D eigenvalue weighted by Crippen LogP contribution is 2.30. The van der Waals surface area contributed by atoms with Crippen molar-refractivity contribution in [1.82, 2.24) is 0 Å². The number of rotatable bonds is 6. The molecule has 0 saturated carbocycles. The molecular formula is C12H17N3OS2. The Morgan fingerprint density at radius 1 is 1.44 bits per heavy atom. The van der Waals surface area contributed by atoms with E-state index >= 15 is 0 Å². The molecule has 0 radical (unpaired) electrons. The van der Waals surface area contributed by atoms with Crippen LogP contribution in [-0.4, -0.2) is 30.2 Å². The number of thioether (sulfide) groups is 1. The van der Waals surface area contributed by atoms with Gasteiger partial charge in [-0.3, -0.25) is 4.79 Å². The van der Waals surface area contributed by atoms with Crippen LogP contribution in [0.4, 0.5) is 5.69 Å². The topological polar surface area (TPSA) is 72.3 Å². The van der Waals surface area contributed by atoms with Crippen molar-refractivity contribution in [2.45, 2.75) is 11.8 Å². The number of amides is 1. The minimum absolute atomic E-state index is 0.135. The van der Waals surface area contributed by atoms with Gasteiger partial charge >= 0.3 is 0 Å². The van der Waals surface area contributed by atoms with Gasteiger partial charge in [-0.1, -0.05) is 25.2 Å². The maximum Gasteiger partial charge on any atom is 0.236 e. The number of carbonyl (C=O) groups excluding carboxylic acids is 1. The van der Waals surface area contributed by atoms with Gasteiger partial charge in [0.15, 0.2) is 0 Å². The van der Waals surface area contributed by atoms with E-state index < -0.39 is 0 Å². The zero-order valence-electron chi connectivity index (χ0n) is 10.5. The van der Waals surface area contributed by atoms with Gasteiger partial charge in [0.25, 0.3) is 0 Å². The minimum atomic E-state index is -0.389. The number of carbonyl (C=O) groups is 1. The molecule has 1 rings (SSSR count). The molecule has 0 atom stereocenters. The summed E-state index contributed by atoms with van der Waals surface area (Å²) in [5.74, 6) is 0.540. The lowest BCUT2D eigenvalue weighted by molar-refractivity contribution is -0.116. The van der Waals surface area contributed by atoms with Crippen LogP contribution < -0.4 is 16.4 Å². The molecular weight excluding hydrogens is 266 g/mol. The molecule has 0 unspecified atom stereocenters. The van der Waals surface area contributed by atoms with Crippen molar-refractivity contribution in [2.75, 3.05) is 24.2 Å². The van der Waals surface area contributed by atoms with Crippen molar-refractivity contribution < 1.29 is 4.79 Å². The first kappa shape index (κ1) is 14.8. The molecule has 0 fully saturated rings. The van der Waals surface area contributed by atoms with Crippen LogP contribution in [0.2, 0.25) is 0 Å². The van der Waals surface area contributed by atoms with E-state index in [0.29, 0.717) is 4.99 Å². The van der Waals surface area contributed by atoms with Crippen molar-refractivity contribution in [3.05, 3.63) is 23.8 Å². The van der Waals surface area contributed by atoms with Crippen LogP contribution in [0.5, 0.6) is 0 Å². The minimum Gasteiger partial charge on any atom is -0.389 e. The number of hydrogen-bond acceptors (Lipinski definition) is 4. The average Bonchev–Trinajstić information content (AvgIpc) is 2.27. The number of thiocarbonyl (C=S) groups is 1. The molecule has 98 valence electrons. The summed E-state index contributed by atoms with van der Waals surface area (Å²) in [5, 5.41) is 0. The highest BCUT2D eigenvalue weighted by atomic mass is 32.2. The van der Waals surface area contributed by atoms with Gasteiger partial charge in [-0.05, 0) is 17.9 Å². The second kappa shape index (κ2) is 6.61. The number of nitrogens with zero attached hydrogens (tertiary/aromatic N) is 1. The summed E-state index contributed by atoms with van der Waals surface area (Å²) in [6.45, 7) is 2.20. The largest absolute Gasteiger partial charge is 0.389 e. The Morgan fingerprint density at radius 3 is 2.61 bits per heavy atom. The van der Waals surface area contributed by atoms with Crippen molar-refractivity contribution in [3.8, 4) is 0 Å². The molecule has 0 aliphatic carbocycles. The maximum atomic E-state index is 11.0. The van der Waals surface area contributed by atoms with Gasteiger partial charge in [-0.15, -0.1) is 11.8 Å². The number of anilines is 1. The molecule has 0 aliphatic rings. The van der Waals surface area contributed by atoms with E-state index in [-0.39, 0.29) is 12.5 Å². The van der Waals surface area contributed by atoms with Crippen LogP contribution in [0.3, 0.4) is 0 Å². The fraction of sp³-hybridized carbons (Fsp3) is 0.333. The Morgan fingerprint density at radius 2 is 2.11 bits per heavy atom. The quantitative estimate of drug-likeness (QED) is 0.609. The van der Waals surface area contributed by atoms with Gasteiger partial charge in [0.1, 0.15) is 4.99 Å². The third-order valence-corrected chi connectivity index (χ3v) is 3.50. The first-order valence-corrected chi connectivity index (χ1v) is 6.91. The summed E-state index contributed by atoms with van der Waals surface area (Å²) < 4.78 is 0. The fourth-order valence-corrected chi connectivity index (χ4v) is 2.80. The average molecular weight is 283 g/mol. The molecule has 18 heavy (non-hydrogen) atoms. The molecule has 4 nitrogen and oxygen atoms in total. The lowest BCUT2D eigenvalue weighted by atomic mass is 10.1. The van der Waals surface area contributed by atoms with Gasteiger partial charge in [0, 0.05) is 23.2 Å². The monoisotopic (exact) mass is 283 g/mol. The van der Waals surface area contributed by atoms with Crippen molar-refractivity contribution in [2.24, 2.45) is 11.5 Å². The summed E-state index contributed by atoms with van der Waals surface area (Å²) in [4.78, 5) is 14.1. The Kier molecular flexibility index (Phi) is 5.43. The van der Waals surface area contributed by atoms with Crippen molar-refractivity contribution in [1.29, 1.82) is 0 Å². The summed E-state index contributed by atoms with van der Waals surface area (Å²) in [6, 6.07) is 5.79. The van der Waals surface area contributed by atoms with E-state index in [2.05, 4.69) is 6.92 Å². The van der Waals surface area contributed by atoms with E-state index in [1.54, 1.807) is 23.7 Å². The summed E-state index contributed by atoms with van der Waals surface area (Å²) in [5.41, 5.74) is 12.6. The standard InChI is InChI=1S/C12H17N3OS2/c1-3-18-9-6-4-5-8(11(9)12(14)17)15(2)7-10(13)16/h4-6H,3,7H2,1-2H3,(H2,13,16)(H2,14,17). The molecule has 4 N–H and O–H groups in total. The molecule has 1 amide bonds. The predicted octanol–water partition coefficient (Wildman–Crippen LogP) is 1.35. The third-order valence-electron chi connectivity index (χ3n) is 2.35. The highest BCUT2D eigenvalue weighted by Gasteiger charge is 2.15. The van der Waals surface area contributed by atoms with E-state index in [0.717, 1.165) is 21.9 Å². The number of hydrogen-bond donors (Lipinski definition) is 2. The van der Waals surface area contributed by atoms with Crippen molar-refractivity contribution >= 4 is 40.6 Å². The molecule has 1 aromatic rings. The van der Waals surface area contributed by atoms with Crippen molar-refractivity contribution in [3.63, 3.8) is 0 Å². The second-order valence-corrected chi connectivity index (χ2v) is 5.52. The number of likely N-dealkylation sites (N-methyl/N-ethyl adjacent to an activating group) is 1. The molecule has 6 heteroatoms. The number of nitrogens with two attached hydrogens (primary N) is 2. The van der Waals surface area contributed by atoms with Crippen LogP contribution in [0, 0.1) is 0 Å². The molecule has 0 aromatic heterocycles. The molecule has 0 heterocycles. The summed E-state index contributed by atoms with van der Waals surface area (Å²) in [7, 11) is 1.79. The zero-order chi connectivity index (χ0) is 13.7. The van der Waals surface area contributed by atoms with Gasteiger partial charge in [-0.2, -0.15) is 0 Å².